The maximum absolute atomic E-state index is 13.1. The van der Waals surface area contributed by atoms with E-state index in [0.717, 1.165) is 24.6 Å². The Kier molecular flexibility index (Phi) is 4.34. The molecule has 0 saturated heterocycles. The van der Waals surface area contributed by atoms with E-state index in [0.29, 0.717) is 13.2 Å². The summed E-state index contributed by atoms with van der Waals surface area (Å²) in [5.74, 6) is 0.454. The van der Waals surface area contributed by atoms with Crippen LogP contribution in [0.2, 0.25) is 0 Å². The van der Waals surface area contributed by atoms with Crippen LogP contribution in [0.5, 0.6) is 0 Å². The van der Waals surface area contributed by atoms with Crippen molar-refractivity contribution in [2.75, 3.05) is 25.5 Å². The smallest absolute Gasteiger partial charge is 0.146 e. The lowest BCUT2D eigenvalue weighted by atomic mass is 10.2. The fourth-order valence-electron chi connectivity index (χ4n) is 1.59. The van der Waals surface area contributed by atoms with Crippen molar-refractivity contribution in [2.24, 2.45) is 5.92 Å². The molecule has 1 aromatic rings. The van der Waals surface area contributed by atoms with Gasteiger partial charge in [-0.05, 0) is 36.5 Å². The molecule has 0 bridgehead atoms. The Hall–Kier alpha value is -1.13. The van der Waals surface area contributed by atoms with Crippen LogP contribution >= 0.6 is 0 Å². The predicted molar refractivity (Wildman–Crippen MR) is 66.1 cm³/mol. The van der Waals surface area contributed by atoms with Gasteiger partial charge in [0.2, 0.25) is 0 Å². The molecule has 0 amide bonds. The number of nitrogens with one attached hydrogen (secondary N) is 1. The third-order valence-corrected chi connectivity index (χ3v) is 2.87. The molecule has 1 fully saturated rings. The summed E-state index contributed by atoms with van der Waals surface area (Å²) in [4.78, 5) is 0. The largest absolute Gasteiger partial charge is 0.396 e. The average Bonchev–Trinajstić information content (AvgIpc) is 3.12. The van der Waals surface area contributed by atoms with Crippen molar-refractivity contribution in [2.45, 2.75) is 19.4 Å². The first-order valence-electron chi connectivity index (χ1n) is 6.08. The van der Waals surface area contributed by atoms with Crippen molar-refractivity contribution < 1.29 is 9.13 Å². The second-order valence-electron chi connectivity index (χ2n) is 4.55. The van der Waals surface area contributed by atoms with E-state index in [9.17, 15) is 4.39 Å². The minimum atomic E-state index is -0.353. The average molecular weight is 238 g/mol. The van der Waals surface area contributed by atoms with Crippen LogP contribution in [0.4, 0.5) is 10.1 Å². The molecule has 1 aliphatic rings. The SMILES string of the molecule is Nc1ccc(CNCCOCC2CC2)cc1F. The predicted octanol–water partition coefficient (Wildman–Crippen LogP) is 1.92. The summed E-state index contributed by atoms with van der Waals surface area (Å²) in [5.41, 5.74) is 6.50. The van der Waals surface area contributed by atoms with Gasteiger partial charge in [0.25, 0.3) is 0 Å². The van der Waals surface area contributed by atoms with E-state index >= 15 is 0 Å². The lowest BCUT2D eigenvalue weighted by Crippen LogP contribution is -2.19. The first-order valence-corrected chi connectivity index (χ1v) is 6.08. The zero-order valence-electron chi connectivity index (χ0n) is 9.92. The fourth-order valence-corrected chi connectivity index (χ4v) is 1.59. The number of benzene rings is 1. The van der Waals surface area contributed by atoms with E-state index in [4.69, 9.17) is 10.5 Å². The van der Waals surface area contributed by atoms with Crippen LogP contribution in [0.3, 0.4) is 0 Å². The van der Waals surface area contributed by atoms with Crippen LogP contribution < -0.4 is 11.1 Å². The number of hydrogen-bond acceptors (Lipinski definition) is 3. The van der Waals surface area contributed by atoms with Gasteiger partial charge >= 0.3 is 0 Å². The van der Waals surface area contributed by atoms with Crippen LogP contribution in [0.25, 0.3) is 0 Å². The van der Waals surface area contributed by atoms with E-state index in [1.54, 1.807) is 6.07 Å². The van der Waals surface area contributed by atoms with Gasteiger partial charge in [-0.3, -0.25) is 0 Å². The van der Waals surface area contributed by atoms with Crippen LogP contribution in [-0.4, -0.2) is 19.8 Å². The number of anilines is 1. The molecule has 17 heavy (non-hydrogen) atoms. The summed E-state index contributed by atoms with van der Waals surface area (Å²) in [6.07, 6.45) is 2.64. The Morgan fingerprint density at radius 1 is 1.41 bits per heavy atom. The zero-order chi connectivity index (χ0) is 12.1. The monoisotopic (exact) mass is 238 g/mol. The molecular formula is C13H19FN2O. The molecule has 3 nitrogen and oxygen atoms in total. The highest BCUT2D eigenvalue weighted by atomic mass is 19.1. The normalized spacial score (nSPS) is 15.1. The highest BCUT2D eigenvalue weighted by molar-refractivity contribution is 5.41. The minimum Gasteiger partial charge on any atom is -0.396 e. The van der Waals surface area contributed by atoms with Crippen LogP contribution in [0.15, 0.2) is 18.2 Å². The standard InChI is InChI=1S/C13H19FN2O/c14-12-7-11(3-4-13(12)15)8-16-5-6-17-9-10-1-2-10/h3-4,7,10,16H,1-2,5-6,8-9,15H2. The van der Waals surface area contributed by atoms with Crippen molar-refractivity contribution in [1.29, 1.82) is 0 Å². The Balaban J connectivity index is 1.58. The topological polar surface area (TPSA) is 47.3 Å². The molecule has 4 heteroatoms. The first-order chi connectivity index (χ1) is 8.25. The molecule has 0 aromatic heterocycles. The van der Waals surface area contributed by atoms with Gasteiger partial charge in [-0.1, -0.05) is 6.07 Å². The van der Waals surface area contributed by atoms with Crippen molar-refractivity contribution >= 4 is 5.69 Å². The summed E-state index contributed by atoms with van der Waals surface area (Å²) < 4.78 is 18.6. The van der Waals surface area contributed by atoms with Gasteiger partial charge in [-0.2, -0.15) is 0 Å². The Morgan fingerprint density at radius 3 is 2.94 bits per heavy atom. The van der Waals surface area contributed by atoms with Crippen LogP contribution in [0.1, 0.15) is 18.4 Å². The fraction of sp³-hybridized carbons (Fsp3) is 0.538. The Morgan fingerprint density at radius 2 is 2.24 bits per heavy atom. The van der Waals surface area contributed by atoms with Crippen LogP contribution in [0, 0.1) is 11.7 Å². The molecule has 3 N–H and O–H groups in total. The van der Waals surface area contributed by atoms with Gasteiger partial charge in [0.1, 0.15) is 5.82 Å². The first kappa shape index (κ1) is 12.3. The molecule has 2 rings (SSSR count). The lowest BCUT2D eigenvalue weighted by Gasteiger charge is -2.06. The van der Waals surface area contributed by atoms with E-state index in [1.165, 1.54) is 18.9 Å². The summed E-state index contributed by atoms with van der Waals surface area (Å²) in [5, 5.41) is 3.21. The number of hydrogen-bond donors (Lipinski definition) is 2. The third-order valence-electron chi connectivity index (χ3n) is 2.87. The van der Waals surface area contributed by atoms with Crippen molar-refractivity contribution in [3.8, 4) is 0 Å². The van der Waals surface area contributed by atoms with Gasteiger partial charge < -0.3 is 15.8 Å². The molecule has 0 heterocycles. The van der Waals surface area contributed by atoms with Gasteiger partial charge in [0.15, 0.2) is 0 Å². The quantitative estimate of drug-likeness (QED) is 0.563. The van der Waals surface area contributed by atoms with Crippen LogP contribution in [-0.2, 0) is 11.3 Å². The molecular weight excluding hydrogens is 219 g/mol. The van der Waals surface area contributed by atoms with Gasteiger partial charge in [0, 0.05) is 19.7 Å². The summed E-state index contributed by atoms with van der Waals surface area (Å²) in [7, 11) is 0. The van der Waals surface area contributed by atoms with E-state index < -0.39 is 0 Å². The van der Waals surface area contributed by atoms with Crippen molar-refractivity contribution in [1.82, 2.24) is 5.32 Å². The van der Waals surface area contributed by atoms with E-state index in [2.05, 4.69) is 5.32 Å². The lowest BCUT2D eigenvalue weighted by molar-refractivity contribution is 0.126. The Bertz CT molecular complexity index is 366. The molecule has 94 valence electrons. The minimum absolute atomic E-state index is 0.196. The second-order valence-corrected chi connectivity index (χ2v) is 4.55. The number of nitrogen functional groups attached to an aromatic ring is 1. The van der Waals surface area contributed by atoms with Crippen molar-refractivity contribution in [3.63, 3.8) is 0 Å². The number of ether oxygens (including phenoxy) is 1. The highest BCUT2D eigenvalue weighted by Gasteiger charge is 2.20. The molecule has 0 aliphatic heterocycles. The maximum Gasteiger partial charge on any atom is 0.146 e. The molecule has 0 radical (unpaired) electrons. The highest BCUT2D eigenvalue weighted by Crippen LogP contribution is 2.28. The molecule has 1 aliphatic carbocycles. The number of halogens is 1. The summed E-state index contributed by atoms with van der Waals surface area (Å²) in [6.45, 7) is 3.04. The Labute approximate surface area is 101 Å². The molecule has 1 aromatic carbocycles. The molecule has 0 atom stereocenters. The number of rotatable bonds is 7. The number of nitrogens with two attached hydrogens (primary N) is 1. The molecule has 0 spiro atoms. The molecule has 0 unspecified atom stereocenters. The van der Waals surface area contributed by atoms with Gasteiger partial charge in [0.05, 0.1) is 12.3 Å². The second kappa shape index (κ2) is 5.98. The third kappa shape index (κ3) is 4.32. The summed E-state index contributed by atoms with van der Waals surface area (Å²) >= 11 is 0. The maximum atomic E-state index is 13.1. The van der Waals surface area contributed by atoms with E-state index in [-0.39, 0.29) is 11.5 Å². The van der Waals surface area contributed by atoms with Crippen molar-refractivity contribution in [3.05, 3.63) is 29.6 Å². The zero-order valence-corrected chi connectivity index (χ0v) is 9.92. The van der Waals surface area contributed by atoms with E-state index in [1.807, 2.05) is 6.07 Å². The molecule has 1 saturated carbocycles. The van der Waals surface area contributed by atoms with Gasteiger partial charge in [-0.25, -0.2) is 4.39 Å². The summed E-state index contributed by atoms with van der Waals surface area (Å²) in [6, 6.07) is 4.89. The van der Waals surface area contributed by atoms with Gasteiger partial charge in [-0.15, -0.1) is 0 Å².